The summed E-state index contributed by atoms with van der Waals surface area (Å²) in [7, 11) is 0. The molecule has 2 nitrogen and oxygen atoms in total. The van der Waals surface area contributed by atoms with E-state index in [0.29, 0.717) is 10.8 Å². The molecule has 2 heteroatoms. The monoisotopic (exact) mass is 266 g/mol. The van der Waals surface area contributed by atoms with Crippen molar-refractivity contribution in [2.75, 3.05) is 13.1 Å². The predicted octanol–water partition coefficient (Wildman–Crippen LogP) is 3.79. The molecule has 0 aromatic rings. The Morgan fingerprint density at radius 2 is 1.68 bits per heavy atom. The summed E-state index contributed by atoms with van der Waals surface area (Å²) >= 11 is 0. The van der Waals surface area contributed by atoms with Gasteiger partial charge in [0.1, 0.15) is 0 Å². The minimum absolute atomic E-state index is 0.497. The van der Waals surface area contributed by atoms with Gasteiger partial charge in [0, 0.05) is 12.1 Å². The maximum absolute atomic E-state index is 5.83. The highest BCUT2D eigenvalue weighted by Crippen LogP contribution is 2.48. The fourth-order valence-electron chi connectivity index (χ4n) is 5.03. The minimum Gasteiger partial charge on any atom is -0.330 e. The van der Waals surface area contributed by atoms with E-state index in [0.717, 1.165) is 18.6 Å². The van der Waals surface area contributed by atoms with Crippen LogP contribution in [0.5, 0.6) is 0 Å². The Bertz CT molecular complexity index is 278. The van der Waals surface area contributed by atoms with Crippen LogP contribution in [-0.2, 0) is 0 Å². The zero-order chi connectivity index (χ0) is 14.1. The summed E-state index contributed by atoms with van der Waals surface area (Å²) in [6, 6.07) is 1.55. The summed E-state index contributed by atoms with van der Waals surface area (Å²) in [6.07, 6.45) is 9.46. The summed E-state index contributed by atoms with van der Waals surface area (Å²) in [5.41, 5.74) is 6.83. The molecule has 1 aliphatic carbocycles. The molecule has 1 atom stereocenters. The third kappa shape index (κ3) is 3.95. The van der Waals surface area contributed by atoms with Gasteiger partial charge in [-0.2, -0.15) is 0 Å². The molecule has 1 saturated heterocycles. The van der Waals surface area contributed by atoms with Crippen molar-refractivity contribution in [3.8, 4) is 0 Å². The number of hydrogen-bond donors (Lipinski definition) is 1. The fraction of sp³-hybridized carbons (Fsp3) is 1.00. The molecule has 19 heavy (non-hydrogen) atoms. The molecule has 2 fully saturated rings. The molecule has 112 valence electrons. The van der Waals surface area contributed by atoms with Crippen LogP contribution in [0.1, 0.15) is 72.6 Å². The van der Waals surface area contributed by atoms with E-state index >= 15 is 0 Å². The largest absolute Gasteiger partial charge is 0.330 e. The molecule has 2 N–H and O–H groups in total. The van der Waals surface area contributed by atoms with E-state index in [2.05, 4.69) is 32.6 Å². The van der Waals surface area contributed by atoms with Gasteiger partial charge in [-0.05, 0) is 62.4 Å². The quantitative estimate of drug-likeness (QED) is 0.842. The zero-order valence-electron chi connectivity index (χ0n) is 13.5. The van der Waals surface area contributed by atoms with Gasteiger partial charge in [0.25, 0.3) is 0 Å². The van der Waals surface area contributed by atoms with E-state index in [9.17, 15) is 0 Å². The standard InChI is InChI=1S/C17H34N2/c1-16(2)11-15(12-17(3,4)13-16)19-10-6-5-7-14(19)8-9-18/h14-15H,5-13,18H2,1-4H3. The summed E-state index contributed by atoms with van der Waals surface area (Å²) in [5, 5.41) is 0. The maximum Gasteiger partial charge on any atom is 0.0110 e. The van der Waals surface area contributed by atoms with E-state index in [1.807, 2.05) is 0 Å². The van der Waals surface area contributed by atoms with Crippen molar-refractivity contribution in [2.24, 2.45) is 16.6 Å². The van der Waals surface area contributed by atoms with Gasteiger partial charge in [-0.25, -0.2) is 0 Å². The summed E-state index contributed by atoms with van der Waals surface area (Å²) in [4.78, 5) is 2.83. The van der Waals surface area contributed by atoms with Crippen molar-refractivity contribution < 1.29 is 0 Å². The van der Waals surface area contributed by atoms with E-state index in [1.165, 1.54) is 51.5 Å². The summed E-state index contributed by atoms with van der Waals surface area (Å²) in [5.74, 6) is 0. The third-order valence-corrected chi connectivity index (χ3v) is 5.18. The van der Waals surface area contributed by atoms with Crippen LogP contribution < -0.4 is 5.73 Å². The van der Waals surface area contributed by atoms with Crippen molar-refractivity contribution >= 4 is 0 Å². The van der Waals surface area contributed by atoms with Crippen LogP contribution >= 0.6 is 0 Å². The lowest BCUT2D eigenvalue weighted by Crippen LogP contribution is -2.52. The maximum atomic E-state index is 5.83. The van der Waals surface area contributed by atoms with Crippen LogP contribution in [0, 0.1) is 10.8 Å². The van der Waals surface area contributed by atoms with Gasteiger partial charge in [-0.3, -0.25) is 4.90 Å². The second-order valence-electron chi connectivity index (χ2n) is 8.53. The molecule has 0 spiro atoms. The lowest BCUT2D eigenvalue weighted by molar-refractivity contribution is -0.00952. The number of hydrogen-bond acceptors (Lipinski definition) is 2. The Morgan fingerprint density at radius 3 is 2.26 bits per heavy atom. The van der Waals surface area contributed by atoms with Crippen LogP contribution in [-0.4, -0.2) is 30.1 Å². The predicted molar refractivity (Wildman–Crippen MR) is 83.2 cm³/mol. The van der Waals surface area contributed by atoms with E-state index in [4.69, 9.17) is 5.73 Å². The van der Waals surface area contributed by atoms with Crippen molar-refractivity contribution in [1.29, 1.82) is 0 Å². The second kappa shape index (κ2) is 5.73. The Morgan fingerprint density at radius 1 is 1.05 bits per heavy atom. The van der Waals surface area contributed by atoms with Crippen LogP contribution in [0.2, 0.25) is 0 Å². The Kier molecular flexibility index (Phi) is 4.62. The topological polar surface area (TPSA) is 29.3 Å². The number of rotatable bonds is 3. The molecular formula is C17H34N2. The van der Waals surface area contributed by atoms with Gasteiger partial charge in [-0.15, -0.1) is 0 Å². The highest BCUT2D eigenvalue weighted by Gasteiger charge is 2.42. The molecule has 2 rings (SSSR count). The zero-order valence-corrected chi connectivity index (χ0v) is 13.5. The SMILES string of the molecule is CC1(C)CC(N2CCCCC2CCN)CC(C)(C)C1. The number of piperidine rings is 1. The Labute approximate surface area is 120 Å². The average molecular weight is 266 g/mol. The Hall–Kier alpha value is -0.0800. The summed E-state index contributed by atoms with van der Waals surface area (Å²) < 4.78 is 0. The van der Waals surface area contributed by atoms with Gasteiger partial charge in [-0.1, -0.05) is 34.1 Å². The Balaban J connectivity index is 2.09. The van der Waals surface area contributed by atoms with Gasteiger partial charge < -0.3 is 5.73 Å². The first-order chi connectivity index (χ1) is 8.83. The lowest BCUT2D eigenvalue weighted by atomic mass is 9.63. The van der Waals surface area contributed by atoms with Crippen LogP contribution in [0.25, 0.3) is 0 Å². The van der Waals surface area contributed by atoms with Gasteiger partial charge in [0.15, 0.2) is 0 Å². The number of nitrogens with two attached hydrogens (primary N) is 1. The van der Waals surface area contributed by atoms with Crippen molar-refractivity contribution in [1.82, 2.24) is 4.90 Å². The smallest absolute Gasteiger partial charge is 0.0110 e. The van der Waals surface area contributed by atoms with E-state index in [1.54, 1.807) is 0 Å². The van der Waals surface area contributed by atoms with Crippen molar-refractivity contribution in [2.45, 2.75) is 84.7 Å². The first-order valence-corrected chi connectivity index (χ1v) is 8.29. The molecular weight excluding hydrogens is 232 g/mol. The molecule has 1 unspecified atom stereocenters. The summed E-state index contributed by atoms with van der Waals surface area (Å²) in [6.45, 7) is 12.0. The number of nitrogens with zero attached hydrogens (tertiary/aromatic N) is 1. The molecule has 0 bridgehead atoms. The molecule has 1 saturated carbocycles. The normalized spacial score (nSPS) is 32.4. The third-order valence-electron chi connectivity index (χ3n) is 5.18. The minimum atomic E-state index is 0.497. The molecule has 0 radical (unpaired) electrons. The molecule has 0 aromatic carbocycles. The average Bonchev–Trinajstić information content (AvgIpc) is 2.26. The molecule has 2 aliphatic rings. The van der Waals surface area contributed by atoms with Crippen LogP contribution in [0.4, 0.5) is 0 Å². The van der Waals surface area contributed by atoms with Gasteiger partial charge in [0.05, 0.1) is 0 Å². The lowest BCUT2D eigenvalue weighted by Gasteiger charge is -2.51. The van der Waals surface area contributed by atoms with E-state index < -0.39 is 0 Å². The highest BCUT2D eigenvalue weighted by molar-refractivity contribution is 4.95. The van der Waals surface area contributed by atoms with Gasteiger partial charge in [0.2, 0.25) is 0 Å². The first-order valence-electron chi connectivity index (χ1n) is 8.29. The van der Waals surface area contributed by atoms with Crippen LogP contribution in [0.3, 0.4) is 0 Å². The van der Waals surface area contributed by atoms with Crippen LogP contribution in [0.15, 0.2) is 0 Å². The molecule has 0 amide bonds. The molecule has 1 aliphatic heterocycles. The first kappa shape index (κ1) is 15.3. The van der Waals surface area contributed by atoms with Crippen molar-refractivity contribution in [3.63, 3.8) is 0 Å². The van der Waals surface area contributed by atoms with E-state index in [-0.39, 0.29) is 0 Å². The molecule has 0 aromatic heterocycles. The number of likely N-dealkylation sites (tertiary alicyclic amines) is 1. The highest BCUT2D eigenvalue weighted by atomic mass is 15.2. The molecule has 1 heterocycles. The van der Waals surface area contributed by atoms with Gasteiger partial charge >= 0.3 is 0 Å². The van der Waals surface area contributed by atoms with Crippen molar-refractivity contribution in [3.05, 3.63) is 0 Å². The second-order valence-corrected chi connectivity index (χ2v) is 8.53. The fourth-order valence-corrected chi connectivity index (χ4v) is 5.03.